The Hall–Kier alpha value is -1.11. The molecule has 0 spiro atoms. The third kappa shape index (κ3) is 2.77. The summed E-state index contributed by atoms with van der Waals surface area (Å²) in [6.07, 6.45) is 2.65. The summed E-state index contributed by atoms with van der Waals surface area (Å²) >= 11 is 0. The second-order valence-corrected chi connectivity index (χ2v) is 4.68. The normalized spacial score (nSPS) is 20.1. The van der Waals surface area contributed by atoms with Gasteiger partial charge in [0.1, 0.15) is 5.82 Å². The molecule has 2 N–H and O–H groups in total. The van der Waals surface area contributed by atoms with E-state index in [9.17, 15) is 0 Å². The Kier molecular flexibility index (Phi) is 3.66. The highest BCUT2D eigenvalue weighted by molar-refractivity contribution is 6.58. The average Bonchev–Trinajstić information content (AvgIpc) is 2.78. The van der Waals surface area contributed by atoms with Gasteiger partial charge in [0.05, 0.1) is 0 Å². The predicted molar refractivity (Wildman–Crippen MR) is 68.4 cm³/mol. The minimum atomic E-state index is -1.44. The zero-order valence-corrected chi connectivity index (χ0v) is 10.2. The van der Waals surface area contributed by atoms with Gasteiger partial charge in [0.25, 0.3) is 0 Å². The molecule has 6 heteroatoms. The Bertz CT molecular complexity index is 369. The SMILES string of the molecule is CN(C)C1CCN(c2ccc(B(O)O)cn2)C1. The Balaban J connectivity index is 2.04. The molecule has 0 bridgehead atoms. The number of pyridine rings is 1. The van der Waals surface area contributed by atoms with E-state index in [1.807, 2.05) is 6.07 Å². The van der Waals surface area contributed by atoms with Crippen LogP contribution in [0.1, 0.15) is 6.42 Å². The summed E-state index contributed by atoms with van der Waals surface area (Å²) in [6, 6.07) is 4.11. The quantitative estimate of drug-likeness (QED) is 0.651. The molecule has 1 aliphatic heterocycles. The van der Waals surface area contributed by atoms with Crippen LogP contribution in [0.5, 0.6) is 0 Å². The molecular formula is C11H18BN3O2. The Morgan fingerprint density at radius 1 is 1.41 bits per heavy atom. The first kappa shape index (κ1) is 12.4. The van der Waals surface area contributed by atoms with E-state index < -0.39 is 7.12 Å². The van der Waals surface area contributed by atoms with Gasteiger partial charge in [-0.1, -0.05) is 6.07 Å². The van der Waals surface area contributed by atoms with Crippen LogP contribution in [-0.2, 0) is 0 Å². The third-order valence-electron chi connectivity index (χ3n) is 3.29. The summed E-state index contributed by atoms with van der Waals surface area (Å²) in [4.78, 5) is 8.71. The lowest BCUT2D eigenvalue weighted by Crippen LogP contribution is -2.33. The van der Waals surface area contributed by atoms with Gasteiger partial charge < -0.3 is 19.8 Å². The van der Waals surface area contributed by atoms with E-state index >= 15 is 0 Å². The molecule has 2 heterocycles. The van der Waals surface area contributed by atoms with Crippen molar-refractivity contribution in [1.82, 2.24) is 9.88 Å². The van der Waals surface area contributed by atoms with Crippen molar-refractivity contribution in [3.63, 3.8) is 0 Å². The van der Waals surface area contributed by atoms with Gasteiger partial charge >= 0.3 is 7.12 Å². The van der Waals surface area contributed by atoms with E-state index in [0.717, 1.165) is 25.3 Å². The molecule has 0 aromatic carbocycles. The molecule has 5 nitrogen and oxygen atoms in total. The maximum absolute atomic E-state index is 8.99. The molecule has 92 valence electrons. The van der Waals surface area contributed by atoms with Gasteiger partial charge in [-0.25, -0.2) is 4.98 Å². The van der Waals surface area contributed by atoms with Gasteiger partial charge in [-0.3, -0.25) is 0 Å². The van der Waals surface area contributed by atoms with Crippen molar-refractivity contribution >= 4 is 18.4 Å². The van der Waals surface area contributed by atoms with Gasteiger partial charge in [-0.2, -0.15) is 0 Å². The van der Waals surface area contributed by atoms with Crippen molar-refractivity contribution in [1.29, 1.82) is 0 Å². The predicted octanol–water partition coefficient (Wildman–Crippen LogP) is -1.10. The van der Waals surface area contributed by atoms with Crippen molar-refractivity contribution in [2.45, 2.75) is 12.5 Å². The van der Waals surface area contributed by atoms with Crippen LogP contribution in [0.15, 0.2) is 18.3 Å². The fourth-order valence-electron chi connectivity index (χ4n) is 2.11. The standard InChI is InChI=1S/C11H18BN3O2/c1-14(2)10-5-6-15(8-10)11-4-3-9(7-13-11)12(16)17/h3-4,7,10,16-17H,5-6,8H2,1-2H3. The van der Waals surface area contributed by atoms with E-state index in [2.05, 4.69) is 28.9 Å². The second-order valence-electron chi connectivity index (χ2n) is 4.68. The van der Waals surface area contributed by atoms with Gasteiger partial charge in [0.15, 0.2) is 0 Å². The number of hydrogen-bond acceptors (Lipinski definition) is 5. The molecule has 1 atom stereocenters. The molecule has 17 heavy (non-hydrogen) atoms. The summed E-state index contributed by atoms with van der Waals surface area (Å²) in [6.45, 7) is 1.97. The molecule has 0 aliphatic carbocycles. The molecule has 1 aromatic heterocycles. The van der Waals surface area contributed by atoms with E-state index in [4.69, 9.17) is 10.0 Å². The van der Waals surface area contributed by atoms with Crippen LogP contribution in [0.25, 0.3) is 0 Å². The first-order valence-electron chi connectivity index (χ1n) is 5.81. The molecule has 0 amide bonds. The van der Waals surface area contributed by atoms with Crippen molar-refractivity contribution < 1.29 is 10.0 Å². The summed E-state index contributed by atoms with van der Waals surface area (Å²) in [5, 5.41) is 18.0. The number of aromatic nitrogens is 1. The van der Waals surface area contributed by atoms with E-state index in [1.165, 1.54) is 6.20 Å². The lowest BCUT2D eigenvalue weighted by molar-refractivity contribution is 0.315. The first-order chi connectivity index (χ1) is 8.08. The highest BCUT2D eigenvalue weighted by Gasteiger charge is 2.24. The summed E-state index contributed by atoms with van der Waals surface area (Å²) < 4.78 is 0. The summed E-state index contributed by atoms with van der Waals surface area (Å²) in [7, 11) is 2.74. The van der Waals surface area contributed by atoms with E-state index in [1.54, 1.807) is 6.07 Å². The monoisotopic (exact) mass is 235 g/mol. The molecule has 1 fully saturated rings. The number of likely N-dealkylation sites (N-methyl/N-ethyl adjacent to an activating group) is 1. The topological polar surface area (TPSA) is 59.8 Å². The second kappa shape index (κ2) is 5.04. The van der Waals surface area contributed by atoms with Gasteiger partial charge in [-0.15, -0.1) is 0 Å². The van der Waals surface area contributed by atoms with Crippen LogP contribution in [-0.4, -0.2) is 60.3 Å². The van der Waals surface area contributed by atoms with E-state index in [-0.39, 0.29) is 0 Å². The molecule has 1 aliphatic rings. The molecule has 1 saturated heterocycles. The number of rotatable bonds is 3. The first-order valence-corrected chi connectivity index (χ1v) is 5.81. The molecule has 1 aromatic rings. The third-order valence-corrected chi connectivity index (χ3v) is 3.29. The zero-order valence-electron chi connectivity index (χ0n) is 10.2. The van der Waals surface area contributed by atoms with Gasteiger partial charge in [0, 0.05) is 30.8 Å². The Labute approximate surface area is 102 Å². The molecule has 0 saturated carbocycles. The van der Waals surface area contributed by atoms with Crippen LogP contribution < -0.4 is 10.4 Å². The smallest absolute Gasteiger partial charge is 0.423 e. The fourth-order valence-corrected chi connectivity index (χ4v) is 2.11. The van der Waals surface area contributed by atoms with Crippen LogP contribution in [0.2, 0.25) is 0 Å². The number of anilines is 1. The maximum atomic E-state index is 8.99. The minimum absolute atomic E-state index is 0.428. The van der Waals surface area contributed by atoms with Gasteiger partial charge in [-0.05, 0) is 26.6 Å². The molecular weight excluding hydrogens is 217 g/mol. The maximum Gasteiger partial charge on any atom is 0.490 e. The van der Waals surface area contributed by atoms with E-state index in [0.29, 0.717) is 11.5 Å². The zero-order chi connectivity index (χ0) is 12.4. The van der Waals surface area contributed by atoms with Crippen molar-refractivity contribution in [2.24, 2.45) is 0 Å². The molecule has 2 rings (SSSR count). The van der Waals surface area contributed by atoms with Crippen molar-refractivity contribution in [3.05, 3.63) is 18.3 Å². The van der Waals surface area contributed by atoms with Crippen molar-refractivity contribution in [2.75, 3.05) is 32.1 Å². The fraction of sp³-hybridized carbons (Fsp3) is 0.545. The average molecular weight is 235 g/mol. The summed E-state index contributed by atoms with van der Waals surface area (Å²) in [5.74, 6) is 0.902. The Morgan fingerprint density at radius 2 is 2.18 bits per heavy atom. The highest BCUT2D eigenvalue weighted by Crippen LogP contribution is 2.19. The van der Waals surface area contributed by atoms with Crippen LogP contribution in [0.4, 0.5) is 5.82 Å². The largest absolute Gasteiger partial charge is 0.490 e. The summed E-state index contributed by atoms with van der Waals surface area (Å²) in [5.41, 5.74) is 0.428. The van der Waals surface area contributed by atoms with Crippen LogP contribution >= 0.6 is 0 Å². The van der Waals surface area contributed by atoms with Crippen LogP contribution in [0.3, 0.4) is 0 Å². The number of nitrogens with zero attached hydrogens (tertiary/aromatic N) is 3. The lowest BCUT2D eigenvalue weighted by atomic mass is 9.82. The van der Waals surface area contributed by atoms with Crippen LogP contribution in [0, 0.1) is 0 Å². The number of hydrogen-bond donors (Lipinski definition) is 2. The molecule has 0 radical (unpaired) electrons. The minimum Gasteiger partial charge on any atom is -0.423 e. The molecule has 1 unspecified atom stereocenters. The Morgan fingerprint density at radius 3 is 2.65 bits per heavy atom. The van der Waals surface area contributed by atoms with Gasteiger partial charge in [0.2, 0.25) is 0 Å². The lowest BCUT2D eigenvalue weighted by Gasteiger charge is -2.21. The highest BCUT2D eigenvalue weighted by atomic mass is 16.4. The van der Waals surface area contributed by atoms with Crippen molar-refractivity contribution in [3.8, 4) is 0 Å².